The van der Waals surface area contributed by atoms with Crippen LogP contribution in [-0.2, 0) is 11.0 Å². The summed E-state index contributed by atoms with van der Waals surface area (Å²) in [5, 5.41) is 14.1. The molecule has 0 aliphatic heterocycles. The number of nitrogens with zero attached hydrogens (tertiary/aromatic N) is 2. The van der Waals surface area contributed by atoms with Crippen LogP contribution in [0.1, 0.15) is 44.5 Å². The molecule has 1 unspecified atom stereocenters. The zero-order valence-corrected chi connectivity index (χ0v) is 17.9. The summed E-state index contributed by atoms with van der Waals surface area (Å²) >= 11 is 0. The Bertz CT molecular complexity index is 931. The molecule has 0 amide bonds. The Morgan fingerprint density at radius 3 is 2.14 bits per heavy atom. The normalized spacial score (nSPS) is 13.4. The van der Waals surface area contributed by atoms with Crippen molar-refractivity contribution in [1.82, 2.24) is 15.3 Å². The number of para-hydroxylation sites is 2. The Kier molecular flexibility index (Phi) is 6.75. The molecule has 0 fully saturated rings. The van der Waals surface area contributed by atoms with E-state index in [0.717, 1.165) is 16.6 Å². The molecule has 1 atom stereocenters. The van der Waals surface area contributed by atoms with Gasteiger partial charge < -0.3 is 15.2 Å². The van der Waals surface area contributed by atoms with Crippen LogP contribution in [0.5, 0.6) is 5.75 Å². The summed E-state index contributed by atoms with van der Waals surface area (Å²) in [6.45, 7) is 8.16. The van der Waals surface area contributed by atoms with E-state index in [1.165, 1.54) is 0 Å². The van der Waals surface area contributed by atoms with Crippen LogP contribution in [0, 0.1) is 0 Å². The number of aliphatic hydroxyl groups is 1. The van der Waals surface area contributed by atoms with E-state index in [1.807, 2.05) is 56.6 Å². The fraction of sp³-hybridized carbons (Fsp3) is 0.391. The highest BCUT2D eigenvalue weighted by Gasteiger charge is 2.32. The number of hydrogen-bond donors (Lipinski definition) is 2. The van der Waals surface area contributed by atoms with Crippen molar-refractivity contribution in [2.45, 2.75) is 38.7 Å². The summed E-state index contributed by atoms with van der Waals surface area (Å²) in [5.41, 5.74) is 2.51. The zero-order chi connectivity index (χ0) is 20.9. The van der Waals surface area contributed by atoms with Crippen LogP contribution in [0.3, 0.4) is 0 Å². The Labute approximate surface area is 167 Å². The van der Waals surface area contributed by atoms with Crippen molar-refractivity contribution in [2.24, 2.45) is 0 Å². The van der Waals surface area contributed by atoms with Crippen LogP contribution in [0.2, 0.25) is 0 Å². The molecule has 0 bridgehead atoms. The minimum absolute atomic E-state index is 0.0356. The van der Waals surface area contributed by atoms with Gasteiger partial charge in [0.2, 0.25) is 0 Å². The third-order valence-electron chi connectivity index (χ3n) is 4.54. The van der Waals surface area contributed by atoms with Gasteiger partial charge in [-0.25, -0.2) is 4.98 Å². The highest BCUT2D eigenvalue weighted by atomic mass is 16.5. The number of hydrogen-bond acceptors (Lipinski definition) is 5. The van der Waals surface area contributed by atoms with Gasteiger partial charge in [-0.15, -0.1) is 0 Å². The molecule has 150 valence electrons. The summed E-state index contributed by atoms with van der Waals surface area (Å²) in [7, 11) is 5.36. The lowest BCUT2D eigenvalue weighted by atomic mass is 9.82. The van der Waals surface area contributed by atoms with Crippen LogP contribution >= 0.6 is 0 Å². The molecular formula is C23H31N3O2. The average Bonchev–Trinajstić information content (AvgIpc) is 2.67. The second kappa shape index (κ2) is 8.67. The van der Waals surface area contributed by atoms with E-state index >= 15 is 0 Å². The number of nitrogens with one attached hydrogen (secondary N) is 1. The number of methoxy groups -OCH3 is 1. The fourth-order valence-corrected chi connectivity index (χ4v) is 2.88. The molecule has 2 aromatic carbocycles. The smallest absolute Gasteiger partial charge is 0.134 e. The van der Waals surface area contributed by atoms with Crippen LogP contribution < -0.4 is 10.1 Å². The van der Waals surface area contributed by atoms with Crippen molar-refractivity contribution in [3.8, 4) is 5.75 Å². The Balaban J connectivity index is 0.000000878. The van der Waals surface area contributed by atoms with E-state index in [2.05, 4.69) is 36.1 Å². The van der Waals surface area contributed by atoms with Crippen molar-refractivity contribution >= 4 is 11.0 Å². The molecule has 3 aromatic rings. The van der Waals surface area contributed by atoms with E-state index < -0.39 is 5.60 Å². The van der Waals surface area contributed by atoms with E-state index in [-0.39, 0.29) is 5.41 Å². The predicted molar refractivity (Wildman–Crippen MR) is 115 cm³/mol. The van der Waals surface area contributed by atoms with Crippen molar-refractivity contribution in [1.29, 1.82) is 0 Å². The van der Waals surface area contributed by atoms with Crippen molar-refractivity contribution in [2.75, 3.05) is 21.2 Å². The molecule has 0 saturated heterocycles. The largest absolute Gasteiger partial charge is 0.496 e. The number of rotatable bonds is 3. The molecule has 2 N–H and O–H groups in total. The SMILES string of the molecule is CNC.COc1ccc(C(C)(C)C)cc1C(C)(O)c1cnc2ccccc2n1. The number of fused-ring (bicyclic) bond motifs is 1. The zero-order valence-electron chi connectivity index (χ0n) is 17.9. The lowest BCUT2D eigenvalue weighted by molar-refractivity contribution is 0.0940. The van der Waals surface area contributed by atoms with Gasteiger partial charge in [-0.3, -0.25) is 4.98 Å². The van der Waals surface area contributed by atoms with Gasteiger partial charge in [0.05, 0.1) is 30.0 Å². The minimum Gasteiger partial charge on any atom is -0.496 e. The van der Waals surface area contributed by atoms with Crippen molar-refractivity contribution < 1.29 is 9.84 Å². The van der Waals surface area contributed by atoms with Gasteiger partial charge in [0.25, 0.3) is 0 Å². The molecular weight excluding hydrogens is 350 g/mol. The Morgan fingerprint density at radius 2 is 1.57 bits per heavy atom. The lowest BCUT2D eigenvalue weighted by Crippen LogP contribution is -2.26. The first kappa shape index (κ1) is 21.8. The van der Waals surface area contributed by atoms with Crippen LogP contribution in [0.25, 0.3) is 11.0 Å². The third kappa shape index (κ3) is 4.66. The second-order valence-electron chi connectivity index (χ2n) is 7.98. The summed E-state index contributed by atoms with van der Waals surface area (Å²) in [6, 6.07) is 13.6. The quantitative estimate of drug-likeness (QED) is 0.717. The minimum atomic E-state index is -1.32. The Morgan fingerprint density at radius 1 is 0.964 bits per heavy atom. The molecule has 0 aliphatic carbocycles. The number of benzene rings is 2. The van der Waals surface area contributed by atoms with Crippen molar-refractivity contribution in [3.63, 3.8) is 0 Å². The molecule has 5 heteroatoms. The van der Waals surface area contributed by atoms with E-state index in [1.54, 1.807) is 20.2 Å². The lowest BCUT2D eigenvalue weighted by Gasteiger charge is -2.28. The van der Waals surface area contributed by atoms with Gasteiger partial charge in [0.15, 0.2) is 0 Å². The highest BCUT2D eigenvalue weighted by Crippen LogP contribution is 2.37. The van der Waals surface area contributed by atoms with E-state index in [4.69, 9.17) is 4.74 Å². The molecule has 0 radical (unpaired) electrons. The van der Waals surface area contributed by atoms with Gasteiger partial charge in [-0.1, -0.05) is 39.0 Å². The molecule has 0 saturated carbocycles. The molecule has 1 aromatic heterocycles. The first-order chi connectivity index (χ1) is 13.1. The molecule has 28 heavy (non-hydrogen) atoms. The van der Waals surface area contributed by atoms with Gasteiger partial charge in [0.1, 0.15) is 11.4 Å². The summed E-state index contributed by atoms with van der Waals surface area (Å²) < 4.78 is 5.50. The number of aromatic nitrogens is 2. The maximum Gasteiger partial charge on any atom is 0.134 e. The van der Waals surface area contributed by atoms with Gasteiger partial charge >= 0.3 is 0 Å². The van der Waals surface area contributed by atoms with Crippen LogP contribution in [0.4, 0.5) is 0 Å². The van der Waals surface area contributed by atoms with E-state index in [9.17, 15) is 5.11 Å². The first-order valence-electron chi connectivity index (χ1n) is 9.37. The summed E-state index contributed by atoms with van der Waals surface area (Å²) in [5.74, 6) is 0.632. The summed E-state index contributed by atoms with van der Waals surface area (Å²) in [6.07, 6.45) is 1.63. The molecule has 0 aliphatic rings. The average molecular weight is 382 g/mol. The Hall–Kier alpha value is -2.50. The van der Waals surface area contributed by atoms with Crippen LogP contribution in [0.15, 0.2) is 48.7 Å². The van der Waals surface area contributed by atoms with Gasteiger partial charge in [0, 0.05) is 5.56 Å². The molecule has 3 rings (SSSR count). The molecule has 1 heterocycles. The van der Waals surface area contributed by atoms with Gasteiger partial charge in [-0.2, -0.15) is 0 Å². The maximum absolute atomic E-state index is 11.3. The first-order valence-corrected chi connectivity index (χ1v) is 9.37. The predicted octanol–water partition coefficient (Wildman–Crippen LogP) is 4.03. The maximum atomic E-state index is 11.3. The number of ether oxygens (including phenoxy) is 1. The van der Waals surface area contributed by atoms with E-state index in [0.29, 0.717) is 17.0 Å². The van der Waals surface area contributed by atoms with Crippen LogP contribution in [-0.4, -0.2) is 36.3 Å². The monoisotopic (exact) mass is 381 g/mol. The summed E-state index contributed by atoms with van der Waals surface area (Å²) in [4.78, 5) is 9.06. The standard InChI is InChI=1S/C21H24N2O2.C2H7N/c1-20(2,3)14-10-11-18(25-5)15(12-14)21(4,24)19-13-22-16-8-6-7-9-17(16)23-19;1-3-2/h6-13,24H,1-5H3;3H,1-2H3. The second-order valence-corrected chi connectivity index (χ2v) is 7.98. The highest BCUT2D eigenvalue weighted by molar-refractivity contribution is 5.73. The topological polar surface area (TPSA) is 67.3 Å². The molecule has 5 nitrogen and oxygen atoms in total. The van der Waals surface area contributed by atoms with Gasteiger partial charge in [-0.05, 0) is 56.3 Å². The van der Waals surface area contributed by atoms with Crippen molar-refractivity contribution in [3.05, 3.63) is 65.5 Å². The fourth-order valence-electron chi connectivity index (χ4n) is 2.88. The third-order valence-corrected chi connectivity index (χ3v) is 4.54. The molecule has 0 spiro atoms.